The van der Waals surface area contributed by atoms with Crippen molar-refractivity contribution in [2.24, 2.45) is 0 Å². The van der Waals surface area contributed by atoms with Crippen LogP contribution in [0.2, 0.25) is 0 Å². The van der Waals surface area contributed by atoms with Crippen molar-refractivity contribution in [2.75, 3.05) is 6.61 Å². The van der Waals surface area contributed by atoms with E-state index in [1.54, 1.807) is 6.08 Å². The minimum Gasteiger partial charge on any atom is -0.458 e. The van der Waals surface area contributed by atoms with E-state index in [1.165, 1.54) is 6.08 Å². The van der Waals surface area contributed by atoms with Crippen LogP contribution in [0.15, 0.2) is 61.2 Å². The summed E-state index contributed by atoms with van der Waals surface area (Å²) in [5.74, 6) is -0.424. The van der Waals surface area contributed by atoms with Gasteiger partial charge in [0.25, 0.3) is 0 Å². The second-order valence-corrected chi connectivity index (χ2v) is 3.16. The molecule has 0 atom stereocenters. The van der Waals surface area contributed by atoms with E-state index in [-0.39, 0.29) is 6.61 Å². The van der Waals surface area contributed by atoms with Crippen LogP contribution in [0.1, 0.15) is 5.56 Å². The third kappa shape index (κ3) is 3.96. The summed E-state index contributed by atoms with van der Waals surface area (Å²) >= 11 is 0. The van der Waals surface area contributed by atoms with Crippen LogP contribution < -0.4 is 0 Å². The van der Waals surface area contributed by atoms with Gasteiger partial charge in [0.2, 0.25) is 0 Å². The van der Waals surface area contributed by atoms with Crippen LogP contribution in [0.3, 0.4) is 0 Å². The Labute approximate surface area is 95.6 Å². The Balaban J connectivity index is 2.54. The van der Waals surface area contributed by atoms with Crippen LogP contribution >= 0.6 is 0 Å². The molecule has 0 aliphatic rings. The van der Waals surface area contributed by atoms with Gasteiger partial charge in [-0.05, 0) is 11.6 Å². The fourth-order valence-electron chi connectivity index (χ4n) is 1.06. The minimum atomic E-state index is -0.424. The van der Waals surface area contributed by atoms with Gasteiger partial charge in [-0.3, -0.25) is 0 Å². The number of carbonyl (C=O) groups is 1. The van der Waals surface area contributed by atoms with Crippen molar-refractivity contribution in [3.8, 4) is 0 Å². The summed E-state index contributed by atoms with van der Waals surface area (Å²) in [6.45, 7) is 7.29. The normalized spacial score (nSPS) is 10.0. The average molecular weight is 214 g/mol. The van der Waals surface area contributed by atoms with E-state index < -0.39 is 5.97 Å². The van der Waals surface area contributed by atoms with Crippen molar-refractivity contribution < 1.29 is 9.53 Å². The molecule has 0 spiro atoms. The van der Waals surface area contributed by atoms with Crippen LogP contribution in [-0.2, 0) is 9.53 Å². The van der Waals surface area contributed by atoms with Crippen LogP contribution in [-0.4, -0.2) is 12.6 Å². The van der Waals surface area contributed by atoms with Gasteiger partial charge in [-0.25, -0.2) is 4.79 Å². The Kier molecular flexibility index (Phi) is 4.80. The van der Waals surface area contributed by atoms with Gasteiger partial charge in [0.15, 0.2) is 0 Å². The van der Waals surface area contributed by atoms with Crippen molar-refractivity contribution in [3.05, 3.63) is 66.8 Å². The topological polar surface area (TPSA) is 26.3 Å². The molecule has 0 unspecified atom stereocenters. The molecule has 0 aliphatic heterocycles. The van der Waals surface area contributed by atoms with Gasteiger partial charge in [0, 0.05) is 0 Å². The second-order valence-electron chi connectivity index (χ2n) is 3.16. The van der Waals surface area contributed by atoms with E-state index in [0.717, 1.165) is 5.56 Å². The maximum absolute atomic E-state index is 11.3. The Hall–Kier alpha value is -2.09. The van der Waals surface area contributed by atoms with E-state index in [2.05, 4.69) is 13.2 Å². The lowest BCUT2D eigenvalue weighted by molar-refractivity contribution is -0.137. The number of rotatable bonds is 5. The molecule has 1 aromatic carbocycles. The van der Waals surface area contributed by atoms with Gasteiger partial charge in [0.1, 0.15) is 6.61 Å². The summed E-state index contributed by atoms with van der Waals surface area (Å²) in [5.41, 5.74) is 1.34. The van der Waals surface area contributed by atoms with Crippen molar-refractivity contribution in [2.45, 2.75) is 0 Å². The summed E-state index contributed by atoms with van der Waals surface area (Å²) in [5, 5.41) is 0. The molecule has 0 saturated heterocycles. The molecule has 82 valence electrons. The molecule has 0 heterocycles. The van der Waals surface area contributed by atoms with E-state index in [0.29, 0.717) is 5.57 Å². The zero-order valence-electron chi connectivity index (χ0n) is 9.06. The lowest BCUT2D eigenvalue weighted by Gasteiger charge is -2.00. The molecule has 16 heavy (non-hydrogen) atoms. The maximum atomic E-state index is 11.3. The highest BCUT2D eigenvalue weighted by Crippen LogP contribution is 2.05. The first kappa shape index (κ1) is 12.0. The quantitative estimate of drug-likeness (QED) is 0.326. The third-order valence-corrected chi connectivity index (χ3v) is 1.87. The highest BCUT2D eigenvalue weighted by Gasteiger charge is 2.02. The van der Waals surface area contributed by atoms with Crippen LogP contribution in [0.4, 0.5) is 0 Å². The van der Waals surface area contributed by atoms with Gasteiger partial charge in [0.05, 0.1) is 5.57 Å². The highest BCUT2D eigenvalue weighted by atomic mass is 16.5. The summed E-state index contributed by atoms with van der Waals surface area (Å²) in [7, 11) is 0. The fraction of sp³-hybridized carbons (Fsp3) is 0.0714. The number of benzene rings is 1. The van der Waals surface area contributed by atoms with E-state index in [9.17, 15) is 4.79 Å². The number of carbonyl (C=O) groups excluding carboxylic acids is 1. The average Bonchev–Trinajstić information content (AvgIpc) is 2.34. The molecule has 0 bridgehead atoms. The summed E-state index contributed by atoms with van der Waals surface area (Å²) in [4.78, 5) is 11.3. The molecule has 2 nitrogen and oxygen atoms in total. The number of esters is 1. The summed E-state index contributed by atoms with van der Waals surface area (Å²) < 4.78 is 4.83. The van der Waals surface area contributed by atoms with Gasteiger partial charge in [-0.1, -0.05) is 55.6 Å². The van der Waals surface area contributed by atoms with E-state index in [1.807, 2.05) is 36.4 Å². The van der Waals surface area contributed by atoms with Crippen LogP contribution in [0.25, 0.3) is 6.08 Å². The first-order chi connectivity index (χ1) is 7.74. The predicted molar refractivity (Wildman–Crippen MR) is 65.8 cm³/mol. The van der Waals surface area contributed by atoms with Crippen molar-refractivity contribution in [1.82, 2.24) is 0 Å². The van der Waals surface area contributed by atoms with Gasteiger partial charge in [-0.2, -0.15) is 0 Å². The molecule has 0 radical (unpaired) electrons. The number of ether oxygens (including phenoxy) is 1. The van der Waals surface area contributed by atoms with Crippen molar-refractivity contribution in [3.63, 3.8) is 0 Å². The largest absolute Gasteiger partial charge is 0.458 e. The highest BCUT2D eigenvalue weighted by molar-refractivity contribution is 5.92. The van der Waals surface area contributed by atoms with Crippen molar-refractivity contribution >= 4 is 12.0 Å². The fourth-order valence-corrected chi connectivity index (χ4v) is 1.06. The standard InChI is InChI=1S/C14H14O2/c1-3-11-16-14(15)12(2)9-10-13-7-5-4-6-8-13/h3-10H,1-2,11H2. The Morgan fingerprint density at radius 1 is 1.31 bits per heavy atom. The molecule has 0 N–H and O–H groups in total. The summed E-state index contributed by atoms with van der Waals surface area (Å²) in [6.07, 6.45) is 4.98. The Morgan fingerprint density at radius 3 is 2.62 bits per heavy atom. The van der Waals surface area contributed by atoms with Gasteiger partial charge < -0.3 is 4.74 Å². The molecule has 1 aromatic rings. The number of hydrogen-bond donors (Lipinski definition) is 0. The third-order valence-electron chi connectivity index (χ3n) is 1.87. The maximum Gasteiger partial charge on any atom is 0.337 e. The molecular formula is C14H14O2. The minimum absolute atomic E-state index is 0.205. The molecule has 1 rings (SSSR count). The van der Waals surface area contributed by atoms with E-state index >= 15 is 0 Å². The lowest BCUT2D eigenvalue weighted by Crippen LogP contribution is -2.05. The van der Waals surface area contributed by atoms with Gasteiger partial charge in [-0.15, -0.1) is 0 Å². The van der Waals surface area contributed by atoms with Gasteiger partial charge >= 0.3 is 5.97 Å². The van der Waals surface area contributed by atoms with E-state index in [4.69, 9.17) is 4.74 Å². The SMILES string of the molecule is C=CCOC(=O)C(=C)C=Cc1ccccc1. The Bertz CT molecular complexity index is 402. The molecule has 2 heteroatoms. The molecule has 0 amide bonds. The Morgan fingerprint density at radius 2 is 2.00 bits per heavy atom. The van der Waals surface area contributed by atoms with Crippen LogP contribution in [0.5, 0.6) is 0 Å². The summed E-state index contributed by atoms with van der Waals surface area (Å²) in [6, 6.07) is 9.68. The predicted octanol–water partition coefficient (Wildman–Crippen LogP) is 2.99. The lowest BCUT2D eigenvalue weighted by atomic mass is 10.2. The molecular weight excluding hydrogens is 200 g/mol. The molecule has 0 aromatic heterocycles. The second kappa shape index (κ2) is 6.40. The zero-order valence-corrected chi connectivity index (χ0v) is 9.06. The zero-order chi connectivity index (χ0) is 11.8. The first-order valence-electron chi connectivity index (χ1n) is 4.94. The first-order valence-corrected chi connectivity index (χ1v) is 4.94. The smallest absolute Gasteiger partial charge is 0.337 e. The monoisotopic (exact) mass is 214 g/mol. The molecule has 0 saturated carbocycles. The van der Waals surface area contributed by atoms with Crippen molar-refractivity contribution in [1.29, 1.82) is 0 Å². The molecule has 0 aliphatic carbocycles. The number of hydrogen-bond acceptors (Lipinski definition) is 2. The molecule has 0 fully saturated rings. The van der Waals surface area contributed by atoms with Crippen LogP contribution in [0, 0.1) is 0 Å².